The second kappa shape index (κ2) is 9.17. The van der Waals surface area contributed by atoms with Crippen molar-refractivity contribution < 1.29 is 5.11 Å². The van der Waals surface area contributed by atoms with Gasteiger partial charge in [-0.25, -0.2) is 0 Å². The number of rotatable bonds is 6. The highest BCUT2D eigenvalue weighted by molar-refractivity contribution is 6.30. The minimum Gasteiger partial charge on any atom is -0.389 e. The fourth-order valence-corrected chi connectivity index (χ4v) is 5.22. The highest BCUT2D eigenvalue weighted by Crippen LogP contribution is 2.50. The molecule has 152 valence electrons. The molecule has 5 atom stereocenters. The number of nitrogens with one attached hydrogen (secondary N) is 1. The number of piperidine rings is 1. The molecule has 2 aromatic carbocycles. The Hall–Kier alpha value is -1.06. The topological polar surface area (TPSA) is 32.3 Å². The third-order valence-corrected chi connectivity index (χ3v) is 6.90. The first kappa shape index (κ1) is 21.6. The summed E-state index contributed by atoms with van der Waals surface area (Å²) >= 11 is 12.2. The Morgan fingerprint density at radius 3 is 1.82 bits per heavy atom. The largest absolute Gasteiger partial charge is 0.389 e. The maximum absolute atomic E-state index is 12.0. The molecule has 4 heteroatoms. The number of benzene rings is 2. The summed E-state index contributed by atoms with van der Waals surface area (Å²) in [5.74, 6) is 0.242. The molecule has 1 heterocycles. The molecule has 1 fully saturated rings. The van der Waals surface area contributed by atoms with Gasteiger partial charge in [0.1, 0.15) is 0 Å². The summed E-state index contributed by atoms with van der Waals surface area (Å²) in [7, 11) is 0. The second-order valence-corrected chi connectivity index (χ2v) is 9.02. The van der Waals surface area contributed by atoms with Crippen LogP contribution in [0.4, 0.5) is 0 Å². The van der Waals surface area contributed by atoms with E-state index in [0.717, 1.165) is 35.7 Å². The molecule has 1 aliphatic heterocycles. The van der Waals surface area contributed by atoms with E-state index in [0.29, 0.717) is 0 Å². The smallest absolute Gasteiger partial charge is 0.0737 e. The molecule has 1 aliphatic rings. The average Bonchev–Trinajstić information content (AvgIpc) is 2.68. The van der Waals surface area contributed by atoms with E-state index in [1.54, 1.807) is 0 Å². The second-order valence-electron chi connectivity index (χ2n) is 8.15. The van der Waals surface area contributed by atoms with Gasteiger partial charge in [0, 0.05) is 34.0 Å². The first-order valence-corrected chi connectivity index (χ1v) is 11.2. The molecule has 0 saturated carbocycles. The highest BCUT2D eigenvalue weighted by atomic mass is 35.5. The van der Waals surface area contributed by atoms with Gasteiger partial charge in [-0.1, -0.05) is 81.1 Å². The Morgan fingerprint density at radius 2 is 1.36 bits per heavy atom. The minimum absolute atomic E-state index is 0.0580. The molecular formula is C24H31Cl2NO. The Morgan fingerprint density at radius 1 is 0.857 bits per heavy atom. The molecule has 0 amide bonds. The number of aliphatic hydroxyl groups is 1. The Kier molecular flexibility index (Phi) is 7.09. The maximum Gasteiger partial charge on any atom is 0.0737 e. The van der Waals surface area contributed by atoms with E-state index in [4.69, 9.17) is 23.2 Å². The molecule has 0 unspecified atom stereocenters. The molecule has 0 bridgehead atoms. The third-order valence-electron chi connectivity index (χ3n) is 6.40. The molecule has 0 aromatic heterocycles. The molecule has 0 spiro atoms. The van der Waals surface area contributed by atoms with Crippen LogP contribution in [0.2, 0.25) is 10.0 Å². The van der Waals surface area contributed by atoms with Crippen LogP contribution in [0.25, 0.3) is 0 Å². The summed E-state index contributed by atoms with van der Waals surface area (Å²) in [4.78, 5) is 0. The molecule has 28 heavy (non-hydrogen) atoms. The molecule has 2 nitrogen and oxygen atoms in total. The van der Waals surface area contributed by atoms with Gasteiger partial charge in [-0.15, -0.1) is 0 Å². The van der Waals surface area contributed by atoms with Crippen molar-refractivity contribution in [2.24, 2.45) is 11.8 Å². The van der Waals surface area contributed by atoms with E-state index in [2.05, 4.69) is 50.4 Å². The van der Waals surface area contributed by atoms with Gasteiger partial charge in [0.2, 0.25) is 0 Å². The van der Waals surface area contributed by atoms with Crippen LogP contribution in [0.3, 0.4) is 0 Å². The quantitative estimate of drug-likeness (QED) is 0.529. The lowest BCUT2D eigenvalue weighted by atomic mass is 9.62. The van der Waals surface area contributed by atoms with Crippen molar-refractivity contribution in [3.8, 4) is 0 Å². The SMILES string of the molecule is CCC[C@@H]1[C@H](c2ccc(Cl)cc2)N[C@H](c2ccc(Cl)cc2)[C@H](C)[C@@]1(O)CCC. The third kappa shape index (κ3) is 4.26. The van der Waals surface area contributed by atoms with Gasteiger partial charge in [0.05, 0.1) is 5.60 Å². The first-order chi connectivity index (χ1) is 13.4. The van der Waals surface area contributed by atoms with Gasteiger partial charge in [-0.3, -0.25) is 0 Å². The van der Waals surface area contributed by atoms with Crippen LogP contribution >= 0.6 is 23.2 Å². The summed E-state index contributed by atoms with van der Waals surface area (Å²) in [5, 5.41) is 17.4. The van der Waals surface area contributed by atoms with Gasteiger partial charge in [-0.2, -0.15) is 0 Å². The van der Waals surface area contributed by atoms with Gasteiger partial charge < -0.3 is 10.4 Å². The fourth-order valence-electron chi connectivity index (χ4n) is 4.96. The monoisotopic (exact) mass is 419 g/mol. The van der Waals surface area contributed by atoms with Crippen molar-refractivity contribution in [2.45, 2.75) is 64.1 Å². The Balaban J connectivity index is 2.06. The van der Waals surface area contributed by atoms with Crippen molar-refractivity contribution >= 4 is 23.2 Å². The van der Waals surface area contributed by atoms with E-state index < -0.39 is 5.60 Å². The van der Waals surface area contributed by atoms with Gasteiger partial charge >= 0.3 is 0 Å². The van der Waals surface area contributed by atoms with Crippen LogP contribution in [0, 0.1) is 11.8 Å². The number of hydrogen-bond donors (Lipinski definition) is 2. The zero-order valence-electron chi connectivity index (χ0n) is 17.0. The predicted octanol–water partition coefficient (Wildman–Crippen LogP) is 6.96. The van der Waals surface area contributed by atoms with E-state index in [-0.39, 0.29) is 23.9 Å². The van der Waals surface area contributed by atoms with Gasteiger partial charge in [0.25, 0.3) is 0 Å². The van der Waals surface area contributed by atoms with E-state index in [1.165, 1.54) is 11.1 Å². The lowest BCUT2D eigenvalue weighted by Gasteiger charge is -2.53. The lowest BCUT2D eigenvalue weighted by Crippen LogP contribution is -2.58. The van der Waals surface area contributed by atoms with Crippen LogP contribution in [0.1, 0.15) is 69.7 Å². The predicted molar refractivity (Wildman–Crippen MR) is 119 cm³/mol. The standard InChI is InChI=1S/C24H31Cl2NO/c1-4-6-21-23(18-9-13-20(26)14-10-18)27-22(16(3)24(21,28)15-5-2)17-7-11-19(25)12-8-17/h7-14,16,21-23,27-28H,4-6,15H2,1-3H3/t16-,21+,22-,23-,24-/m0/s1. The Labute approximate surface area is 179 Å². The normalized spacial score (nSPS) is 30.4. The van der Waals surface area contributed by atoms with E-state index in [9.17, 15) is 5.11 Å². The molecule has 2 aromatic rings. The minimum atomic E-state index is -0.732. The summed E-state index contributed by atoms with van der Waals surface area (Å²) in [6, 6.07) is 16.2. The van der Waals surface area contributed by atoms with Gasteiger partial charge in [0.15, 0.2) is 0 Å². The first-order valence-electron chi connectivity index (χ1n) is 10.4. The molecular weight excluding hydrogens is 389 g/mol. The average molecular weight is 420 g/mol. The molecule has 3 rings (SSSR count). The summed E-state index contributed by atoms with van der Waals surface area (Å²) in [6.45, 7) is 6.54. The highest BCUT2D eigenvalue weighted by Gasteiger charge is 2.51. The lowest BCUT2D eigenvalue weighted by molar-refractivity contribution is -0.125. The van der Waals surface area contributed by atoms with Crippen molar-refractivity contribution in [3.05, 3.63) is 69.7 Å². The van der Waals surface area contributed by atoms with Crippen LogP contribution < -0.4 is 5.32 Å². The van der Waals surface area contributed by atoms with Crippen molar-refractivity contribution in [3.63, 3.8) is 0 Å². The number of hydrogen-bond acceptors (Lipinski definition) is 2. The van der Waals surface area contributed by atoms with Crippen LogP contribution in [0.5, 0.6) is 0 Å². The van der Waals surface area contributed by atoms with E-state index >= 15 is 0 Å². The molecule has 0 radical (unpaired) electrons. The van der Waals surface area contributed by atoms with Crippen molar-refractivity contribution in [2.75, 3.05) is 0 Å². The van der Waals surface area contributed by atoms with E-state index in [1.807, 2.05) is 24.3 Å². The molecule has 0 aliphatic carbocycles. The molecule has 2 N–H and O–H groups in total. The van der Waals surface area contributed by atoms with Crippen LogP contribution in [-0.4, -0.2) is 10.7 Å². The van der Waals surface area contributed by atoms with Gasteiger partial charge in [-0.05, 0) is 48.2 Å². The number of halogens is 2. The summed E-state index contributed by atoms with van der Waals surface area (Å²) in [5.41, 5.74) is 1.62. The Bertz CT molecular complexity index is 761. The van der Waals surface area contributed by atoms with Crippen LogP contribution in [0.15, 0.2) is 48.5 Å². The molecule has 1 saturated heterocycles. The zero-order chi connectivity index (χ0) is 20.3. The zero-order valence-corrected chi connectivity index (χ0v) is 18.5. The fraction of sp³-hybridized carbons (Fsp3) is 0.500. The van der Waals surface area contributed by atoms with Crippen molar-refractivity contribution in [1.82, 2.24) is 5.32 Å². The van der Waals surface area contributed by atoms with Crippen LogP contribution in [-0.2, 0) is 0 Å². The maximum atomic E-state index is 12.0. The summed E-state index contributed by atoms with van der Waals surface area (Å²) in [6.07, 6.45) is 3.78. The van der Waals surface area contributed by atoms with Crippen molar-refractivity contribution in [1.29, 1.82) is 0 Å². The summed E-state index contributed by atoms with van der Waals surface area (Å²) < 4.78 is 0.